The molecule has 2 aromatic carbocycles. The molecule has 2 aromatic rings. The zero-order chi connectivity index (χ0) is 14.5. The molecule has 1 aliphatic rings. The first-order chi connectivity index (χ1) is 10.3. The first-order valence-electron chi connectivity index (χ1n) is 7.55. The normalized spacial score (nSPS) is 18.2. The van der Waals surface area contributed by atoms with Crippen LogP contribution in [0.3, 0.4) is 0 Å². The average molecular weight is 282 g/mol. The number of hydrogen-bond donors (Lipinski definition) is 1. The third-order valence-corrected chi connectivity index (χ3v) is 4.10. The van der Waals surface area contributed by atoms with Gasteiger partial charge in [0, 0.05) is 25.7 Å². The summed E-state index contributed by atoms with van der Waals surface area (Å²) in [4.78, 5) is 2.43. The molecule has 0 amide bonds. The van der Waals surface area contributed by atoms with E-state index in [2.05, 4.69) is 41.3 Å². The second-order valence-electron chi connectivity index (χ2n) is 5.57. The summed E-state index contributed by atoms with van der Waals surface area (Å²) >= 11 is 0. The highest BCUT2D eigenvalue weighted by molar-refractivity contribution is 5.28. The third kappa shape index (κ3) is 3.63. The van der Waals surface area contributed by atoms with Crippen molar-refractivity contribution in [1.82, 2.24) is 4.90 Å². The largest absolute Gasteiger partial charge is 0.489 e. The van der Waals surface area contributed by atoms with Crippen LogP contribution in [0.2, 0.25) is 0 Å². The van der Waals surface area contributed by atoms with E-state index in [9.17, 15) is 0 Å². The first-order valence-corrected chi connectivity index (χ1v) is 7.55. The van der Waals surface area contributed by atoms with Gasteiger partial charge in [0.25, 0.3) is 0 Å². The molecule has 0 aromatic heterocycles. The van der Waals surface area contributed by atoms with Crippen molar-refractivity contribution in [2.75, 3.05) is 13.1 Å². The summed E-state index contributed by atoms with van der Waals surface area (Å²) in [5.74, 6) is 0.918. The monoisotopic (exact) mass is 282 g/mol. The molecular formula is C18H22N2O. The lowest BCUT2D eigenvalue weighted by molar-refractivity contribution is 0.0882. The van der Waals surface area contributed by atoms with Gasteiger partial charge in [0.15, 0.2) is 0 Å². The molecule has 2 N–H and O–H groups in total. The van der Waals surface area contributed by atoms with E-state index in [0.717, 1.165) is 25.4 Å². The van der Waals surface area contributed by atoms with E-state index in [1.165, 1.54) is 17.5 Å². The molecule has 0 bridgehead atoms. The van der Waals surface area contributed by atoms with Gasteiger partial charge in [-0.2, -0.15) is 0 Å². The number of hydrogen-bond acceptors (Lipinski definition) is 3. The molecule has 0 spiro atoms. The van der Waals surface area contributed by atoms with Crippen LogP contribution in [0.25, 0.3) is 0 Å². The fourth-order valence-electron chi connectivity index (χ4n) is 2.64. The summed E-state index contributed by atoms with van der Waals surface area (Å²) in [7, 11) is 0. The Hall–Kier alpha value is -1.84. The van der Waals surface area contributed by atoms with Crippen LogP contribution in [0.15, 0.2) is 54.6 Å². The fourth-order valence-corrected chi connectivity index (χ4v) is 2.64. The summed E-state index contributed by atoms with van der Waals surface area (Å²) in [5, 5.41) is 0. The zero-order valence-corrected chi connectivity index (χ0v) is 12.2. The molecule has 1 unspecified atom stereocenters. The molecule has 1 heterocycles. The maximum atomic E-state index is 5.80. The van der Waals surface area contributed by atoms with Crippen molar-refractivity contribution < 1.29 is 4.74 Å². The molecule has 21 heavy (non-hydrogen) atoms. The highest BCUT2D eigenvalue weighted by Gasteiger charge is 2.25. The topological polar surface area (TPSA) is 38.5 Å². The minimum absolute atomic E-state index is 0.569. The Labute approximate surface area is 126 Å². The van der Waals surface area contributed by atoms with Crippen molar-refractivity contribution in [2.45, 2.75) is 25.6 Å². The van der Waals surface area contributed by atoms with Gasteiger partial charge in [-0.1, -0.05) is 42.5 Å². The van der Waals surface area contributed by atoms with Crippen LogP contribution < -0.4 is 10.5 Å². The Kier molecular flexibility index (Phi) is 4.53. The molecule has 0 radical (unpaired) electrons. The first kappa shape index (κ1) is 14.1. The smallest absolute Gasteiger partial charge is 0.119 e. The summed E-state index contributed by atoms with van der Waals surface area (Å²) in [5.41, 5.74) is 8.24. The maximum absolute atomic E-state index is 5.80. The molecule has 3 nitrogen and oxygen atoms in total. The molecule has 110 valence electrons. The van der Waals surface area contributed by atoms with Crippen molar-refractivity contribution in [3.8, 4) is 5.75 Å². The highest BCUT2D eigenvalue weighted by Crippen LogP contribution is 2.21. The summed E-state index contributed by atoms with van der Waals surface area (Å²) in [6.45, 7) is 3.52. The predicted molar refractivity (Wildman–Crippen MR) is 85.1 cm³/mol. The third-order valence-electron chi connectivity index (χ3n) is 4.10. The predicted octanol–water partition coefficient (Wildman–Crippen LogP) is 2.80. The van der Waals surface area contributed by atoms with Gasteiger partial charge in [0.05, 0.1) is 0 Å². The van der Waals surface area contributed by atoms with Crippen molar-refractivity contribution >= 4 is 0 Å². The molecule has 1 saturated heterocycles. The van der Waals surface area contributed by atoms with Gasteiger partial charge in [-0.05, 0) is 29.7 Å². The lowest BCUT2D eigenvalue weighted by Gasteiger charge is -2.40. The lowest BCUT2D eigenvalue weighted by Crippen LogP contribution is -2.50. The Morgan fingerprint density at radius 3 is 2.38 bits per heavy atom. The van der Waals surface area contributed by atoms with Gasteiger partial charge in [0.2, 0.25) is 0 Å². The Morgan fingerprint density at radius 1 is 1.00 bits per heavy atom. The van der Waals surface area contributed by atoms with E-state index >= 15 is 0 Å². The fraction of sp³-hybridized carbons (Fsp3) is 0.333. The summed E-state index contributed by atoms with van der Waals surface area (Å²) in [6, 6.07) is 19.2. The van der Waals surface area contributed by atoms with Crippen LogP contribution in [0.5, 0.6) is 5.75 Å². The van der Waals surface area contributed by atoms with Crippen molar-refractivity contribution in [2.24, 2.45) is 5.73 Å². The zero-order valence-electron chi connectivity index (χ0n) is 12.2. The number of nitrogens with zero attached hydrogens (tertiary/aromatic N) is 1. The Bertz CT molecular complexity index is 551. The number of ether oxygens (including phenoxy) is 1. The maximum Gasteiger partial charge on any atom is 0.119 e. The Morgan fingerprint density at radius 2 is 1.76 bits per heavy atom. The van der Waals surface area contributed by atoms with E-state index in [4.69, 9.17) is 10.5 Å². The van der Waals surface area contributed by atoms with Gasteiger partial charge in [0.1, 0.15) is 12.4 Å². The Balaban J connectivity index is 1.52. The molecular weight excluding hydrogens is 260 g/mol. The van der Waals surface area contributed by atoms with Crippen molar-refractivity contribution in [1.29, 1.82) is 0 Å². The van der Waals surface area contributed by atoms with Gasteiger partial charge in [-0.25, -0.2) is 0 Å². The molecule has 1 atom stereocenters. The highest BCUT2D eigenvalue weighted by atomic mass is 16.5. The van der Waals surface area contributed by atoms with E-state index in [1.807, 2.05) is 18.2 Å². The van der Waals surface area contributed by atoms with Gasteiger partial charge >= 0.3 is 0 Å². The van der Waals surface area contributed by atoms with E-state index in [1.54, 1.807) is 0 Å². The van der Waals surface area contributed by atoms with Crippen molar-refractivity contribution in [3.63, 3.8) is 0 Å². The van der Waals surface area contributed by atoms with Crippen LogP contribution in [0.4, 0.5) is 0 Å². The van der Waals surface area contributed by atoms with Crippen LogP contribution in [-0.4, -0.2) is 24.0 Å². The van der Waals surface area contributed by atoms with E-state index in [-0.39, 0.29) is 0 Å². The van der Waals surface area contributed by atoms with Crippen LogP contribution in [0, 0.1) is 0 Å². The van der Waals surface area contributed by atoms with Crippen LogP contribution >= 0.6 is 0 Å². The number of rotatable bonds is 6. The van der Waals surface area contributed by atoms with Gasteiger partial charge in [-0.15, -0.1) is 0 Å². The second-order valence-corrected chi connectivity index (χ2v) is 5.57. The standard InChI is InChI=1S/C18H22N2O/c19-12-17-10-11-20(17)13-15-6-8-18(9-7-15)21-14-16-4-2-1-3-5-16/h1-9,17H,10-14,19H2. The van der Waals surface area contributed by atoms with E-state index in [0.29, 0.717) is 12.6 Å². The van der Waals surface area contributed by atoms with E-state index < -0.39 is 0 Å². The van der Waals surface area contributed by atoms with Gasteiger partial charge in [-0.3, -0.25) is 4.90 Å². The quantitative estimate of drug-likeness (QED) is 0.885. The number of benzene rings is 2. The molecule has 1 fully saturated rings. The summed E-state index contributed by atoms with van der Waals surface area (Å²) < 4.78 is 5.80. The van der Waals surface area contributed by atoms with Gasteiger partial charge < -0.3 is 10.5 Å². The molecule has 3 heteroatoms. The lowest BCUT2D eigenvalue weighted by atomic mass is 10.0. The van der Waals surface area contributed by atoms with Crippen LogP contribution in [0.1, 0.15) is 17.5 Å². The SMILES string of the molecule is NCC1CCN1Cc1ccc(OCc2ccccc2)cc1. The molecule has 3 rings (SSSR count). The summed E-state index contributed by atoms with van der Waals surface area (Å²) in [6.07, 6.45) is 1.23. The minimum Gasteiger partial charge on any atom is -0.489 e. The molecule has 1 aliphatic heterocycles. The number of likely N-dealkylation sites (tertiary alicyclic amines) is 1. The average Bonchev–Trinajstić information content (AvgIpc) is 2.52. The van der Waals surface area contributed by atoms with Crippen LogP contribution in [-0.2, 0) is 13.2 Å². The minimum atomic E-state index is 0.569. The second kappa shape index (κ2) is 6.74. The molecule has 0 aliphatic carbocycles. The molecule has 0 saturated carbocycles. The number of nitrogens with two attached hydrogens (primary N) is 1. The van der Waals surface area contributed by atoms with Crippen molar-refractivity contribution in [3.05, 3.63) is 65.7 Å².